The number of rotatable bonds is 2. The molecule has 1 aromatic carbocycles. The van der Waals surface area contributed by atoms with Gasteiger partial charge in [-0.25, -0.2) is 4.98 Å². The number of benzene rings is 1. The van der Waals surface area contributed by atoms with Crippen molar-refractivity contribution in [3.63, 3.8) is 0 Å². The van der Waals surface area contributed by atoms with Crippen LogP contribution in [0.4, 0.5) is 18.9 Å². The predicted octanol–water partition coefficient (Wildman–Crippen LogP) is 3.74. The molecule has 0 bridgehead atoms. The van der Waals surface area contributed by atoms with Gasteiger partial charge in [0.2, 0.25) is 0 Å². The quantitative estimate of drug-likeness (QED) is 0.619. The molecule has 0 saturated carbocycles. The van der Waals surface area contributed by atoms with Crippen molar-refractivity contribution in [2.24, 2.45) is 0 Å². The Balaban J connectivity index is 2.32. The highest BCUT2D eigenvalue weighted by atomic mass is 32.1. The first-order valence-electron chi connectivity index (χ1n) is 4.65. The van der Waals surface area contributed by atoms with Crippen LogP contribution < -0.4 is 0 Å². The fourth-order valence-corrected chi connectivity index (χ4v) is 1.99. The van der Waals surface area contributed by atoms with Crippen LogP contribution in [0.25, 0.3) is 11.3 Å². The Morgan fingerprint density at radius 3 is 2.28 bits per heavy atom. The molecule has 4 nitrogen and oxygen atoms in total. The van der Waals surface area contributed by atoms with Crippen LogP contribution in [-0.4, -0.2) is 9.91 Å². The number of nitrogens with zero attached hydrogens (tertiary/aromatic N) is 2. The summed E-state index contributed by atoms with van der Waals surface area (Å²) in [4.78, 5) is 13.3. The average molecular weight is 274 g/mol. The lowest BCUT2D eigenvalue weighted by atomic mass is 10.1. The minimum atomic E-state index is -4.47. The second-order valence-corrected chi connectivity index (χ2v) is 4.20. The smallest absolute Gasteiger partial charge is 0.258 e. The van der Waals surface area contributed by atoms with Crippen LogP contribution in [0.2, 0.25) is 0 Å². The van der Waals surface area contributed by atoms with E-state index in [-0.39, 0.29) is 11.4 Å². The molecule has 8 heteroatoms. The summed E-state index contributed by atoms with van der Waals surface area (Å²) in [6.07, 6.45) is -4.47. The van der Waals surface area contributed by atoms with Gasteiger partial charge in [-0.1, -0.05) is 0 Å². The molecule has 0 radical (unpaired) electrons. The zero-order valence-electron chi connectivity index (χ0n) is 8.64. The van der Waals surface area contributed by atoms with Crippen molar-refractivity contribution >= 4 is 17.0 Å². The Hall–Kier alpha value is -1.96. The van der Waals surface area contributed by atoms with E-state index >= 15 is 0 Å². The molecule has 1 heterocycles. The highest BCUT2D eigenvalue weighted by molar-refractivity contribution is 7.10. The number of nitro groups is 1. The number of alkyl halides is 3. The molecule has 0 amide bonds. The third kappa shape index (κ3) is 2.48. The standard InChI is InChI=1S/C10H5F3N2O2S/c11-10(12,13)9-14-8(5-18-9)6-1-3-7(4-2-6)15(16)17/h1-5H. The summed E-state index contributed by atoms with van der Waals surface area (Å²) in [6.45, 7) is 0. The predicted molar refractivity (Wildman–Crippen MR) is 59.2 cm³/mol. The Morgan fingerprint density at radius 2 is 1.83 bits per heavy atom. The second-order valence-electron chi connectivity index (χ2n) is 3.34. The molecule has 0 unspecified atom stereocenters. The zero-order chi connectivity index (χ0) is 13.3. The summed E-state index contributed by atoms with van der Waals surface area (Å²) in [6, 6.07) is 5.19. The van der Waals surface area contributed by atoms with Gasteiger partial charge in [-0.15, -0.1) is 11.3 Å². The first-order valence-corrected chi connectivity index (χ1v) is 5.53. The van der Waals surface area contributed by atoms with Crippen LogP contribution in [0, 0.1) is 10.1 Å². The van der Waals surface area contributed by atoms with Gasteiger partial charge < -0.3 is 0 Å². The zero-order valence-corrected chi connectivity index (χ0v) is 9.46. The Bertz CT molecular complexity index is 578. The van der Waals surface area contributed by atoms with E-state index < -0.39 is 16.1 Å². The molecule has 0 saturated heterocycles. The number of hydrogen-bond acceptors (Lipinski definition) is 4. The fourth-order valence-electron chi connectivity index (χ4n) is 1.29. The van der Waals surface area contributed by atoms with Gasteiger partial charge in [0.05, 0.1) is 10.6 Å². The SMILES string of the molecule is O=[N+]([O-])c1ccc(-c2csc(C(F)(F)F)n2)cc1. The number of nitro benzene ring substituents is 1. The lowest BCUT2D eigenvalue weighted by Crippen LogP contribution is -2.03. The molecule has 0 fully saturated rings. The van der Waals surface area contributed by atoms with Crippen molar-refractivity contribution in [1.29, 1.82) is 0 Å². The number of halogens is 3. The summed E-state index contributed by atoms with van der Waals surface area (Å²) in [5.41, 5.74) is 0.444. The molecular formula is C10H5F3N2O2S. The molecule has 94 valence electrons. The summed E-state index contributed by atoms with van der Waals surface area (Å²) < 4.78 is 37.0. The van der Waals surface area contributed by atoms with Gasteiger partial charge in [0.25, 0.3) is 5.69 Å². The van der Waals surface area contributed by atoms with E-state index in [9.17, 15) is 23.3 Å². The molecule has 1 aromatic heterocycles. The fraction of sp³-hybridized carbons (Fsp3) is 0.100. The molecule has 0 spiro atoms. The average Bonchev–Trinajstić information content (AvgIpc) is 2.78. The van der Waals surface area contributed by atoms with Crippen molar-refractivity contribution in [3.05, 3.63) is 44.8 Å². The van der Waals surface area contributed by atoms with Crippen molar-refractivity contribution in [3.8, 4) is 11.3 Å². The summed E-state index contributed by atoms with van der Waals surface area (Å²) in [5.74, 6) is 0. The van der Waals surface area contributed by atoms with E-state index in [0.717, 1.165) is 0 Å². The van der Waals surface area contributed by atoms with E-state index in [2.05, 4.69) is 4.98 Å². The van der Waals surface area contributed by atoms with Crippen molar-refractivity contribution in [2.75, 3.05) is 0 Å². The minimum Gasteiger partial charge on any atom is -0.258 e. The monoisotopic (exact) mass is 274 g/mol. The normalized spacial score (nSPS) is 11.5. The molecule has 2 aromatic rings. The van der Waals surface area contributed by atoms with Crippen LogP contribution >= 0.6 is 11.3 Å². The van der Waals surface area contributed by atoms with Crippen LogP contribution in [0.1, 0.15) is 5.01 Å². The first kappa shape index (κ1) is 12.5. The van der Waals surface area contributed by atoms with E-state index in [0.29, 0.717) is 16.9 Å². The van der Waals surface area contributed by atoms with Crippen LogP contribution in [0.3, 0.4) is 0 Å². The molecular weight excluding hydrogens is 269 g/mol. The maximum absolute atomic E-state index is 12.3. The van der Waals surface area contributed by atoms with Crippen molar-refractivity contribution in [1.82, 2.24) is 4.98 Å². The number of non-ortho nitro benzene ring substituents is 1. The first-order chi connectivity index (χ1) is 8.38. The van der Waals surface area contributed by atoms with Crippen molar-refractivity contribution < 1.29 is 18.1 Å². The lowest BCUT2D eigenvalue weighted by molar-refractivity contribution is -0.384. The molecule has 0 N–H and O–H groups in total. The maximum atomic E-state index is 12.3. The van der Waals surface area contributed by atoms with Crippen LogP contribution in [-0.2, 0) is 6.18 Å². The van der Waals surface area contributed by atoms with Gasteiger partial charge in [-0.2, -0.15) is 13.2 Å². The topological polar surface area (TPSA) is 56.0 Å². The number of aromatic nitrogens is 1. The van der Waals surface area contributed by atoms with E-state index in [1.54, 1.807) is 0 Å². The summed E-state index contributed by atoms with van der Waals surface area (Å²) >= 11 is 0.492. The van der Waals surface area contributed by atoms with E-state index in [4.69, 9.17) is 0 Å². The van der Waals surface area contributed by atoms with Gasteiger partial charge >= 0.3 is 6.18 Å². The van der Waals surface area contributed by atoms with E-state index in [1.165, 1.54) is 29.6 Å². The molecule has 0 aliphatic rings. The highest BCUT2D eigenvalue weighted by Gasteiger charge is 2.34. The maximum Gasteiger partial charge on any atom is 0.443 e. The molecule has 0 aliphatic carbocycles. The highest BCUT2D eigenvalue weighted by Crippen LogP contribution is 2.34. The van der Waals surface area contributed by atoms with E-state index in [1.807, 2.05) is 0 Å². The van der Waals surface area contributed by atoms with Crippen LogP contribution in [0.5, 0.6) is 0 Å². The van der Waals surface area contributed by atoms with Gasteiger partial charge in [0.1, 0.15) is 0 Å². The van der Waals surface area contributed by atoms with Gasteiger partial charge in [-0.3, -0.25) is 10.1 Å². The molecule has 2 rings (SSSR count). The minimum absolute atomic E-state index is 0.120. The second kappa shape index (κ2) is 4.37. The lowest BCUT2D eigenvalue weighted by Gasteiger charge is -2.00. The van der Waals surface area contributed by atoms with Gasteiger partial charge in [0, 0.05) is 23.1 Å². The van der Waals surface area contributed by atoms with Crippen molar-refractivity contribution in [2.45, 2.75) is 6.18 Å². The third-order valence-electron chi connectivity index (χ3n) is 2.12. The summed E-state index contributed by atoms with van der Waals surface area (Å²) in [7, 11) is 0. The van der Waals surface area contributed by atoms with Gasteiger partial charge in [-0.05, 0) is 12.1 Å². The molecule has 0 atom stereocenters. The largest absolute Gasteiger partial charge is 0.443 e. The number of hydrogen-bond donors (Lipinski definition) is 0. The molecule has 18 heavy (non-hydrogen) atoms. The van der Waals surface area contributed by atoms with Crippen LogP contribution in [0.15, 0.2) is 29.6 Å². The Labute approximate surface area is 103 Å². The Morgan fingerprint density at radius 1 is 1.22 bits per heavy atom. The number of thiazole rings is 1. The Kier molecular flexibility index (Phi) is 3.04. The summed E-state index contributed by atoms with van der Waals surface area (Å²) in [5, 5.41) is 10.8. The third-order valence-corrected chi connectivity index (χ3v) is 3.01. The van der Waals surface area contributed by atoms with Gasteiger partial charge in [0.15, 0.2) is 5.01 Å². The molecule has 0 aliphatic heterocycles.